The molecule has 0 radical (unpaired) electrons. The van der Waals surface area contributed by atoms with Crippen LogP contribution in [0.4, 0.5) is 11.4 Å². The topological polar surface area (TPSA) is 58.2 Å². The highest BCUT2D eigenvalue weighted by atomic mass is 16.2. The summed E-state index contributed by atoms with van der Waals surface area (Å²) < 4.78 is 0. The predicted molar refractivity (Wildman–Crippen MR) is 181 cm³/mol. The van der Waals surface area contributed by atoms with Crippen molar-refractivity contribution in [1.82, 2.24) is 0 Å². The summed E-state index contributed by atoms with van der Waals surface area (Å²) in [7, 11) is 0. The van der Waals surface area contributed by atoms with Crippen LogP contribution in [0.2, 0.25) is 0 Å². The van der Waals surface area contributed by atoms with Crippen LogP contribution in [-0.2, 0) is 22.4 Å². The summed E-state index contributed by atoms with van der Waals surface area (Å²) in [6, 6.07) is 15.8. The van der Waals surface area contributed by atoms with Gasteiger partial charge in [0.1, 0.15) is 0 Å². The highest BCUT2D eigenvalue weighted by Crippen LogP contribution is 2.17. The van der Waals surface area contributed by atoms with Gasteiger partial charge in [0.15, 0.2) is 0 Å². The SMILES string of the molecule is CCCCCCCCCCCCc1ccc(NC(=O)C(=O)Nc2ccc(CCCCCCCCCCCC)cc2)cc1. The molecule has 2 rings (SSSR count). The minimum Gasteiger partial charge on any atom is -0.318 e. The third-order valence-electron chi connectivity index (χ3n) is 8.27. The lowest BCUT2D eigenvalue weighted by molar-refractivity contribution is -0.132. The maximum absolute atomic E-state index is 12.4. The first-order chi connectivity index (χ1) is 20.6. The highest BCUT2D eigenvalue weighted by molar-refractivity contribution is 6.43. The maximum Gasteiger partial charge on any atom is 0.314 e. The van der Waals surface area contributed by atoms with Crippen LogP contribution in [0.1, 0.15) is 153 Å². The molecular weight excluding hydrogens is 516 g/mol. The van der Waals surface area contributed by atoms with E-state index in [4.69, 9.17) is 0 Å². The summed E-state index contributed by atoms with van der Waals surface area (Å²) in [4.78, 5) is 24.9. The molecule has 2 amide bonds. The lowest BCUT2D eigenvalue weighted by Crippen LogP contribution is -2.29. The molecule has 0 heterocycles. The Hall–Kier alpha value is -2.62. The summed E-state index contributed by atoms with van der Waals surface area (Å²) >= 11 is 0. The van der Waals surface area contributed by atoms with Crippen LogP contribution in [0.15, 0.2) is 48.5 Å². The summed E-state index contributed by atoms with van der Waals surface area (Å²) in [6.07, 6.45) is 28.9. The quantitative estimate of drug-likeness (QED) is 0.0964. The van der Waals surface area contributed by atoms with E-state index in [-0.39, 0.29) is 0 Å². The summed E-state index contributed by atoms with van der Waals surface area (Å²) in [6.45, 7) is 4.53. The maximum atomic E-state index is 12.4. The van der Waals surface area contributed by atoms with Crippen LogP contribution in [0.25, 0.3) is 0 Å². The van der Waals surface area contributed by atoms with E-state index in [1.807, 2.05) is 24.3 Å². The smallest absolute Gasteiger partial charge is 0.314 e. The van der Waals surface area contributed by atoms with E-state index in [0.717, 1.165) is 12.8 Å². The van der Waals surface area contributed by atoms with Gasteiger partial charge in [-0.3, -0.25) is 9.59 Å². The van der Waals surface area contributed by atoms with Crippen LogP contribution < -0.4 is 10.6 Å². The van der Waals surface area contributed by atoms with Gasteiger partial charge in [0.2, 0.25) is 0 Å². The van der Waals surface area contributed by atoms with Gasteiger partial charge < -0.3 is 10.6 Å². The van der Waals surface area contributed by atoms with Gasteiger partial charge >= 0.3 is 11.8 Å². The lowest BCUT2D eigenvalue weighted by Gasteiger charge is -2.09. The first-order valence-corrected chi connectivity index (χ1v) is 17.4. The fraction of sp³-hybridized carbons (Fsp3) is 0.632. The summed E-state index contributed by atoms with van der Waals surface area (Å²) in [5, 5.41) is 5.44. The zero-order valence-corrected chi connectivity index (χ0v) is 27.0. The van der Waals surface area contributed by atoms with Gasteiger partial charge in [-0.05, 0) is 61.1 Å². The molecule has 0 aliphatic carbocycles. The van der Waals surface area contributed by atoms with E-state index in [0.29, 0.717) is 11.4 Å². The standard InChI is InChI=1S/C38H60N2O2/c1-3-5-7-9-11-13-15-17-19-21-23-33-25-29-35(30-26-33)39-37(41)38(42)40-36-31-27-34(28-32-36)24-22-20-18-16-14-12-10-8-6-4-2/h25-32H,3-24H2,1-2H3,(H,39,41)(H,40,42). The molecule has 2 N–H and O–H groups in total. The van der Waals surface area contributed by atoms with E-state index in [1.165, 1.54) is 140 Å². The molecule has 42 heavy (non-hydrogen) atoms. The number of rotatable bonds is 24. The Morgan fingerprint density at radius 1 is 0.405 bits per heavy atom. The van der Waals surface area contributed by atoms with Gasteiger partial charge in [0.25, 0.3) is 0 Å². The molecule has 2 aromatic rings. The van der Waals surface area contributed by atoms with Gasteiger partial charge in [-0.1, -0.05) is 154 Å². The third-order valence-corrected chi connectivity index (χ3v) is 8.27. The second kappa shape index (κ2) is 23.9. The Morgan fingerprint density at radius 2 is 0.667 bits per heavy atom. The Kier molecular flexibility index (Phi) is 20.2. The van der Waals surface area contributed by atoms with Crippen molar-refractivity contribution in [1.29, 1.82) is 0 Å². The van der Waals surface area contributed by atoms with Gasteiger partial charge in [-0.15, -0.1) is 0 Å². The highest BCUT2D eigenvalue weighted by Gasteiger charge is 2.14. The van der Waals surface area contributed by atoms with Crippen molar-refractivity contribution in [2.75, 3.05) is 10.6 Å². The van der Waals surface area contributed by atoms with Crippen LogP contribution >= 0.6 is 0 Å². The van der Waals surface area contributed by atoms with Gasteiger partial charge in [-0.25, -0.2) is 0 Å². The van der Waals surface area contributed by atoms with Crippen LogP contribution in [-0.4, -0.2) is 11.8 Å². The predicted octanol–water partition coefficient (Wildman–Crippen LogP) is 11.2. The number of carbonyl (C=O) groups excluding carboxylic acids is 2. The first-order valence-electron chi connectivity index (χ1n) is 17.4. The minimum atomic E-state index is -0.646. The van der Waals surface area contributed by atoms with Crippen LogP contribution in [0, 0.1) is 0 Å². The van der Waals surface area contributed by atoms with Gasteiger partial charge in [0, 0.05) is 11.4 Å². The number of aryl methyl sites for hydroxylation is 2. The average molecular weight is 577 g/mol. The van der Waals surface area contributed by atoms with Crippen molar-refractivity contribution in [2.24, 2.45) is 0 Å². The Labute approximate surface area is 257 Å². The number of unbranched alkanes of at least 4 members (excludes halogenated alkanes) is 18. The number of amides is 2. The number of nitrogens with one attached hydrogen (secondary N) is 2. The number of carbonyl (C=O) groups is 2. The molecule has 0 aromatic heterocycles. The molecule has 0 spiro atoms. The fourth-order valence-corrected chi connectivity index (χ4v) is 5.52. The van der Waals surface area contributed by atoms with E-state index < -0.39 is 11.8 Å². The normalized spacial score (nSPS) is 11.0. The van der Waals surface area contributed by atoms with Crippen LogP contribution in [0.3, 0.4) is 0 Å². The molecule has 4 nitrogen and oxygen atoms in total. The Bertz CT molecular complexity index is 873. The molecule has 234 valence electrons. The summed E-state index contributed by atoms with van der Waals surface area (Å²) in [5.41, 5.74) is 3.84. The zero-order chi connectivity index (χ0) is 30.1. The first kappa shape index (κ1) is 35.6. The molecule has 0 bridgehead atoms. The van der Waals surface area contributed by atoms with E-state index in [1.54, 1.807) is 0 Å². The number of hydrogen-bond acceptors (Lipinski definition) is 2. The van der Waals surface area contributed by atoms with Gasteiger partial charge in [0.05, 0.1) is 0 Å². The minimum absolute atomic E-state index is 0.646. The van der Waals surface area contributed by atoms with Crippen molar-refractivity contribution in [3.8, 4) is 0 Å². The number of hydrogen-bond donors (Lipinski definition) is 2. The van der Waals surface area contributed by atoms with E-state index in [9.17, 15) is 9.59 Å². The van der Waals surface area contributed by atoms with Crippen molar-refractivity contribution in [3.05, 3.63) is 59.7 Å². The molecule has 4 heteroatoms. The van der Waals surface area contributed by atoms with Crippen molar-refractivity contribution in [2.45, 2.75) is 155 Å². The third kappa shape index (κ3) is 17.4. The summed E-state index contributed by atoms with van der Waals surface area (Å²) in [5.74, 6) is -1.29. The molecule has 0 aliphatic rings. The Balaban J connectivity index is 1.55. The monoisotopic (exact) mass is 576 g/mol. The number of anilines is 2. The van der Waals surface area contributed by atoms with Crippen molar-refractivity contribution < 1.29 is 9.59 Å². The molecule has 0 unspecified atom stereocenters. The van der Waals surface area contributed by atoms with Crippen LogP contribution in [0.5, 0.6) is 0 Å². The van der Waals surface area contributed by atoms with Crippen molar-refractivity contribution in [3.63, 3.8) is 0 Å². The molecule has 0 saturated carbocycles. The van der Waals surface area contributed by atoms with E-state index in [2.05, 4.69) is 48.7 Å². The second-order valence-electron chi connectivity index (χ2n) is 12.2. The molecule has 0 aliphatic heterocycles. The molecule has 0 atom stereocenters. The van der Waals surface area contributed by atoms with E-state index >= 15 is 0 Å². The molecule has 0 saturated heterocycles. The fourth-order valence-electron chi connectivity index (χ4n) is 5.52. The van der Waals surface area contributed by atoms with Gasteiger partial charge in [-0.2, -0.15) is 0 Å². The lowest BCUT2D eigenvalue weighted by atomic mass is 10.0. The molecule has 0 fully saturated rings. The molecule has 2 aromatic carbocycles. The largest absolute Gasteiger partial charge is 0.318 e. The molecular formula is C38H60N2O2. The zero-order valence-electron chi connectivity index (χ0n) is 27.0. The van der Waals surface area contributed by atoms with Crippen molar-refractivity contribution >= 4 is 23.2 Å². The second-order valence-corrected chi connectivity index (χ2v) is 12.2. The Morgan fingerprint density at radius 3 is 0.952 bits per heavy atom. The average Bonchev–Trinajstić information content (AvgIpc) is 3.00. The number of benzene rings is 2.